The van der Waals surface area contributed by atoms with Crippen molar-refractivity contribution in [2.24, 2.45) is 5.41 Å². The van der Waals surface area contributed by atoms with Crippen LogP contribution in [0.4, 0.5) is 0 Å². The lowest BCUT2D eigenvalue weighted by Crippen LogP contribution is -2.09. The molecule has 5 nitrogen and oxygen atoms in total. The molecular formula is C19H26N2O3S. The number of aliphatic hydroxyl groups excluding tert-OH is 1. The summed E-state index contributed by atoms with van der Waals surface area (Å²) in [6, 6.07) is 9.82. The van der Waals surface area contributed by atoms with Gasteiger partial charge in [0.25, 0.3) is 0 Å². The topological polar surface area (TPSA) is 80.2 Å². The smallest absolute Gasteiger partial charge is 0.247 e. The molecule has 136 valence electrons. The molecule has 0 aliphatic rings. The van der Waals surface area contributed by atoms with Gasteiger partial charge in [-0.25, -0.2) is 18.4 Å². The number of hydrogen-bond donors (Lipinski definition) is 1. The van der Waals surface area contributed by atoms with Gasteiger partial charge in [0.15, 0.2) is 0 Å². The number of benzene rings is 1. The number of aromatic nitrogens is 2. The lowest BCUT2D eigenvalue weighted by atomic mass is 9.87. The lowest BCUT2D eigenvalue weighted by molar-refractivity contribution is 0.288. The van der Waals surface area contributed by atoms with Crippen LogP contribution in [0.25, 0.3) is 11.3 Å². The molecule has 1 heterocycles. The van der Waals surface area contributed by atoms with Gasteiger partial charge in [0, 0.05) is 24.1 Å². The molecule has 0 saturated heterocycles. The second kappa shape index (κ2) is 7.62. The zero-order valence-electron chi connectivity index (χ0n) is 15.3. The number of nitrogens with zero attached hydrogens (tertiary/aromatic N) is 2. The van der Waals surface area contributed by atoms with Crippen molar-refractivity contribution in [3.63, 3.8) is 0 Å². The molecule has 2 rings (SSSR count). The van der Waals surface area contributed by atoms with E-state index in [0.29, 0.717) is 24.2 Å². The lowest BCUT2D eigenvalue weighted by Gasteiger charge is -2.18. The third-order valence-corrected chi connectivity index (χ3v) is 4.48. The first-order valence-electron chi connectivity index (χ1n) is 8.37. The maximum absolute atomic E-state index is 11.9. The van der Waals surface area contributed by atoms with Crippen LogP contribution in [0.2, 0.25) is 0 Å². The first-order valence-corrected chi connectivity index (χ1v) is 10.3. The molecule has 2 aromatic rings. The zero-order valence-corrected chi connectivity index (χ0v) is 16.1. The quantitative estimate of drug-likeness (QED) is 0.799. The van der Waals surface area contributed by atoms with E-state index in [0.717, 1.165) is 18.2 Å². The van der Waals surface area contributed by atoms with Crippen molar-refractivity contribution in [3.8, 4) is 11.3 Å². The standard InChI is InChI=1S/C19H26N2O3S/c1-19(2,3)13-14-7-5-8-15(11-14)17-12-16(9-6-10-22)20-18(21-17)25(4,23)24/h5,7-8,11-12,22H,6,9-10,13H2,1-4H3. The highest BCUT2D eigenvalue weighted by Crippen LogP contribution is 2.25. The summed E-state index contributed by atoms with van der Waals surface area (Å²) in [6.07, 6.45) is 3.07. The van der Waals surface area contributed by atoms with Gasteiger partial charge < -0.3 is 5.11 Å². The van der Waals surface area contributed by atoms with Gasteiger partial charge in [-0.2, -0.15) is 0 Å². The average molecular weight is 362 g/mol. The Balaban J connectivity index is 2.48. The molecule has 1 aromatic carbocycles. The third-order valence-electron chi connectivity index (χ3n) is 3.64. The van der Waals surface area contributed by atoms with E-state index in [1.54, 1.807) is 6.07 Å². The molecule has 0 fully saturated rings. The van der Waals surface area contributed by atoms with E-state index in [-0.39, 0.29) is 17.2 Å². The average Bonchev–Trinajstić information content (AvgIpc) is 2.50. The molecule has 25 heavy (non-hydrogen) atoms. The maximum Gasteiger partial charge on any atom is 0.247 e. The summed E-state index contributed by atoms with van der Waals surface area (Å²) in [6.45, 7) is 6.58. The van der Waals surface area contributed by atoms with Crippen LogP contribution in [0.3, 0.4) is 0 Å². The number of aliphatic hydroxyl groups is 1. The van der Waals surface area contributed by atoms with E-state index >= 15 is 0 Å². The monoisotopic (exact) mass is 362 g/mol. The van der Waals surface area contributed by atoms with Crippen molar-refractivity contribution in [1.29, 1.82) is 0 Å². The number of sulfone groups is 1. The van der Waals surface area contributed by atoms with Crippen LogP contribution < -0.4 is 0 Å². The minimum absolute atomic E-state index is 0.0363. The van der Waals surface area contributed by atoms with Crippen molar-refractivity contribution in [2.75, 3.05) is 12.9 Å². The van der Waals surface area contributed by atoms with E-state index in [1.807, 2.05) is 12.1 Å². The number of hydrogen-bond acceptors (Lipinski definition) is 5. The van der Waals surface area contributed by atoms with E-state index in [4.69, 9.17) is 5.11 Å². The van der Waals surface area contributed by atoms with Crippen molar-refractivity contribution in [2.45, 2.75) is 45.2 Å². The molecule has 0 bridgehead atoms. The van der Waals surface area contributed by atoms with E-state index in [9.17, 15) is 8.42 Å². The summed E-state index contributed by atoms with van der Waals surface area (Å²) >= 11 is 0. The van der Waals surface area contributed by atoms with Crippen LogP contribution in [0.15, 0.2) is 35.5 Å². The van der Waals surface area contributed by atoms with Crippen LogP contribution in [0.5, 0.6) is 0 Å². The van der Waals surface area contributed by atoms with Gasteiger partial charge >= 0.3 is 0 Å². The predicted octanol–water partition coefficient (Wildman–Crippen LogP) is 3.06. The fourth-order valence-electron chi connectivity index (χ4n) is 2.63. The van der Waals surface area contributed by atoms with Crippen LogP contribution >= 0.6 is 0 Å². The number of rotatable bonds is 6. The van der Waals surface area contributed by atoms with Gasteiger partial charge in [0.1, 0.15) is 0 Å². The highest BCUT2D eigenvalue weighted by molar-refractivity contribution is 7.90. The first kappa shape index (κ1) is 19.5. The zero-order chi connectivity index (χ0) is 18.7. The Labute approximate surface area is 150 Å². The molecule has 0 atom stereocenters. The van der Waals surface area contributed by atoms with Crippen LogP contribution in [0.1, 0.15) is 38.4 Å². The molecule has 0 unspecified atom stereocenters. The largest absolute Gasteiger partial charge is 0.396 e. The summed E-state index contributed by atoms with van der Waals surface area (Å²) in [5.41, 5.74) is 3.44. The molecular weight excluding hydrogens is 336 g/mol. The summed E-state index contributed by atoms with van der Waals surface area (Å²) in [7, 11) is -3.50. The molecule has 0 aliphatic heterocycles. The SMILES string of the molecule is CC(C)(C)Cc1cccc(-c2cc(CCCO)nc(S(C)(=O)=O)n2)c1. The Hall–Kier alpha value is -1.79. The molecule has 0 amide bonds. The minimum Gasteiger partial charge on any atom is -0.396 e. The summed E-state index contributed by atoms with van der Waals surface area (Å²) < 4.78 is 23.8. The van der Waals surface area contributed by atoms with E-state index in [2.05, 4.69) is 42.9 Å². The molecule has 6 heteroatoms. The van der Waals surface area contributed by atoms with Gasteiger partial charge in [-0.05, 0) is 42.4 Å². The number of aryl methyl sites for hydroxylation is 1. The Morgan fingerprint density at radius 1 is 1.12 bits per heavy atom. The Morgan fingerprint density at radius 2 is 1.84 bits per heavy atom. The second-order valence-corrected chi connectivity index (χ2v) is 9.47. The molecule has 0 aliphatic carbocycles. The Kier molecular flexibility index (Phi) is 5.95. The molecule has 1 N–H and O–H groups in total. The van der Waals surface area contributed by atoms with Gasteiger partial charge in [-0.15, -0.1) is 0 Å². The fraction of sp³-hybridized carbons (Fsp3) is 0.474. The molecule has 0 radical (unpaired) electrons. The van der Waals surface area contributed by atoms with E-state index in [1.165, 1.54) is 5.56 Å². The van der Waals surface area contributed by atoms with Crippen molar-refractivity contribution in [3.05, 3.63) is 41.6 Å². The predicted molar refractivity (Wildman–Crippen MR) is 99.1 cm³/mol. The summed E-state index contributed by atoms with van der Waals surface area (Å²) in [5.74, 6) is 0. The molecule has 0 spiro atoms. The summed E-state index contributed by atoms with van der Waals surface area (Å²) in [5, 5.41) is 8.86. The Bertz CT molecular complexity index is 840. The van der Waals surface area contributed by atoms with Gasteiger partial charge in [-0.3, -0.25) is 0 Å². The van der Waals surface area contributed by atoms with Crippen molar-refractivity contribution in [1.82, 2.24) is 9.97 Å². The van der Waals surface area contributed by atoms with Crippen LogP contribution in [0, 0.1) is 5.41 Å². The Morgan fingerprint density at radius 3 is 2.44 bits per heavy atom. The highest BCUT2D eigenvalue weighted by Gasteiger charge is 2.16. The van der Waals surface area contributed by atoms with E-state index < -0.39 is 9.84 Å². The second-order valence-electron chi connectivity index (χ2n) is 7.56. The van der Waals surface area contributed by atoms with Crippen molar-refractivity contribution < 1.29 is 13.5 Å². The molecule has 1 aromatic heterocycles. The molecule has 0 saturated carbocycles. The van der Waals surface area contributed by atoms with Crippen LogP contribution in [-0.4, -0.2) is 36.4 Å². The maximum atomic E-state index is 11.9. The normalized spacial score (nSPS) is 12.4. The van der Waals surface area contributed by atoms with Gasteiger partial charge in [-0.1, -0.05) is 39.0 Å². The van der Waals surface area contributed by atoms with Crippen LogP contribution in [-0.2, 0) is 22.7 Å². The summed E-state index contributed by atoms with van der Waals surface area (Å²) in [4.78, 5) is 8.40. The fourth-order valence-corrected chi connectivity index (χ4v) is 3.18. The third kappa shape index (κ3) is 5.90. The van der Waals surface area contributed by atoms with Gasteiger partial charge in [0.05, 0.1) is 5.69 Å². The van der Waals surface area contributed by atoms with Gasteiger partial charge in [0.2, 0.25) is 15.0 Å². The van der Waals surface area contributed by atoms with Crippen molar-refractivity contribution >= 4 is 9.84 Å². The minimum atomic E-state index is -3.50. The first-order chi connectivity index (χ1) is 11.6. The highest BCUT2D eigenvalue weighted by atomic mass is 32.2.